The molecule has 1 fully saturated rings. The molecule has 0 aliphatic carbocycles. The summed E-state index contributed by atoms with van der Waals surface area (Å²) < 4.78 is 6.54. The number of aromatic hydroxyl groups is 1. The van der Waals surface area contributed by atoms with Gasteiger partial charge in [-0.15, -0.1) is 0 Å². The average molecular weight is 540 g/mol. The second-order valence-electron chi connectivity index (χ2n) is 6.84. The molecular formula is C21H20Br2N2O3S. The summed E-state index contributed by atoms with van der Waals surface area (Å²) in [6, 6.07) is 10.9. The van der Waals surface area contributed by atoms with Crippen molar-refractivity contribution in [1.82, 2.24) is 4.90 Å². The third kappa shape index (κ3) is 5.24. The van der Waals surface area contributed by atoms with E-state index in [-0.39, 0.29) is 17.6 Å². The van der Waals surface area contributed by atoms with E-state index < -0.39 is 0 Å². The number of carbonyl (C=O) groups excluding carboxylic acids is 1. The molecule has 1 aliphatic heterocycles. The molecule has 1 saturated heterocycles. The number of thioether (sulfide) groups is 1. The summed E-state index contributed by atoms with van der Waals surface area (Å²) >= 11 is 8.05. The maximum absolute atomic E-state index is 13.1. The molecule has 1 aliphatic rings. The maximum Gasteiger partial charge on any atom is 0.266 e. The molecule has 0 unspecified atom stereocenters. The lowest BCUT2D eigenvalue weighted by atomic mass is 10.1. The number of ether oxygens (including phenoxy) is 1. The number of hydrogen-bond donors (Lipinski definition) is 1. The van der Waals surface area contributed by atoms with Crippen LogP contribution in [0.4, 0.5) is 5.69 Å². The summed E-state index contributed by atoms with van der Waals surface area (Å²) in [4.78, 5) is 19.9. The van der Waals surface area contributed by atoms with Crippen molar-refractivity contribution < 1.29 is 14.6 Å². The summed E-state index contributed by atoms with van der Waals surface area (Å²) in [6.07, 6.45) is 1.70. The summed E-state index contributed by atoms with van der Waals surface area (Å²) in [5.41, 5.74) is 1.29. The fourth-order valence-corrected chi connectivity index (χ4v) is 4.98. The lowest BCUT2D eigenvalue weighted by Crippen LogP contribution is -2.32. The van der Waals surface area contributed by atoms with Crippen molar-refractivity contribution in [2.45, 2.75) is 13.8 Å². The fourth-order valence-electron chi connectivity index (χ4n) is 2.72. The van der Waals surface area contributed by atoms with Gasteiger partial charge in [-0.1, -0.05) is 29.8 Å². The minimum Gasteiger partial charge on any atom is -0.506 e. The van der Waals surface area contributed by atoms with Gasteiger partial charge in [0.15, 0.2) is 5.17 Å². The summed E-state index contributed by atoms with van der Waals surface area (Å²) in [7, 11) is 1.61. The van der Waals surface area contributed by atoms with Crippen LogP contribution in [-0.4, -0.2) is 34.7 Å². The summed E-state index contributed by atoms with van der Waals surface area (Å²) in [6.45, 7) is 4.68. The van der Waals surface area contributed by atoms with Gasteiger partial charge in [-0.05, 0) is 76.1 Å². The van der Waals surface area contributed by atoms with Crippen molar-refractivity contribution in [2.24, 2.45) is 10.9 Å². The molecule has 0 aromatic heterocycles. The van der Waals surface area contributed by atoms with Gasteiger partial charge in [0.1, 0.15) is 11.5 Å². The Kier molecular flexibility index (Phi) is 7.08. The molecule has 2 aromatic rings. The van der Waals surface area contributed by atoms with Gasteiger partial charge >= 0.3 is 0 Å². The predicted octanol–water partition coefficient (Wildman–Crippen LogP) is 6.19. The number of halogens is 2. The first kappa shape index (κ1) is 21.9. The van der Waals surface area contributed by atoms with Gasteiger partial charge in [-0.25, -0.2) is 4.99 Å². The van der Waals surface area contributed by atoms with Crippen LogP contribution in [0.3, 0.4) is 0 Å². The molecule has 1 amide bonds. The van der Waals surface area contributed by atoms with Gasteiger partial charge in [0.05, 0.1) is 22.2 Å². The third-order valence-electron chi connectivity index (χ3n) is 4.08. The first-order valence-corrected chi connectivity index (χ1v) is 11.3. The van der Waals surface area contributed by atoms with Crippen LogP contribution >= 0.6 is 43.6 Å². The normalized spacial score (nSPS) is 17.0. The zero-order chi connectivity index (χ0) is 21.1. The van der Waals surface area contributed by atoms with Crippen LogP contribution in [0.25, 0.3) is 6.08 Å². The number of aliphatic imine (C=N–C) groups is 1. The molecule has 5 nitrogen and oxygen atoms in total. The van der Waals surface area contributed by atoms with E-state index in [9.17, 15) is 9.90 Å². The number of nitrogens with zero attached hydrogens (tertiary/aromatic N) is 2. The van der Waals surface area contributed by atoms with E-state index in [0.29, 0.717) is 26.7 Å². The molecule has 0 bridgehead atoms. The van der Waals surface area contributed by atoms with E-state index in [1.165, 1.54) is 11.8 Å². The summed E-state index contributed by atoms with van der Waals surface area (Å²) in [5, 5.41) is 11.0. The highest BCUT2D eigenvalue weighted by atomic mass is 79.9. The SMILES string of the molecule is COc1ccc(N=C2S/C(=C/c3cc(Br)cc(Br)c3O)C(=O)N2CC(C)C)cc1. The van der Waals surface area contributed by atoms with Crippen molar-refractivity contribution >= 4 is 66.5 Å². The number of hydrogen-bond acceptors (Lipinski definition) is 5. The van der Waals surface area contributed by atoms with Crippen LogP contribution < -0.4 is 4.74 Å². The highest BCUT2D eigenvalue weighted by molar-refractivity contribution is 9.11. The summed E-state index contributed by atoms with van der Waals surface area (Å²) in [5.74, 6) is 1.00. The molecule has 0 radical (unpaired) electrons. The van der Waals surface area contributed by atoms with E-state index >= 15 is 0 Å². The highest BCUT2D eigenvalue weighted by Gasteiger charge is 2.34. The Hall–Kier alpha value is -1.77. The predicted molar refractivity (Wildman–Crippen MR) is 126 cm³/mol. The Balaban J connectivity index is 1.99. The molecule has 29 heavy (non-hydrogen) atoms. The number of benzene rings is 2. The molecular weight excluding hydrogens is 520 g/mol. The second-order valence-corrected chi connectivity index (χ2v) is 9.62. The van der Waals surface area contributed by atoms with E-state index in [0.717, 1.165) is 15.9 Å². The van der Waals surface area contributed by atoms with E-state index in [1.54, 1.807) is 30.2 Å². The molecule has 152 valence electrons. The van der Waals surface area contributed by atoms with Crippen LogP contribution in [0.15, 0.2) is 55.2 Å². The first-order valence-electron chi connectivity index (χ1n) is 8.90. The van der Waals surface area contributed by atoms with Gasteiger partial charge in [0, 0.05) is 16.6 Å². The number of phenols is 1. The van der Waals surface area contributed by atoms with E-state index in [4.69, 9.17) is 4.74 Å². The largest absolute Gasteiger partial charge is 0.506 e. The van der Waals surface area contributed by atoms with Crippen molar-refractivity contribution in [1.29, 1.82) is 0 Å². The lowest BCUT2D eigenvalue weighted by molar-refractivity contribution is -0.122. The highest BCUT2D eigenvalue weighted by Crippen LogP contribution is 2.38. The molecule has 0 spiro atoms. The second kappa shape index (κ2) is 9.36. The van der Waals surface area contributed by atoms with Crippen LogP contribution in [0.1, 0.15) is 19.4 Å². The zero-order valence-electron chi connectivity index (χ0n) is 16.1. The minimum atomic E-state index is -0.119. The number of phenolic OH excluding ortho intramolecular Hbond substituents is 1. The quantitative estimate of drug-likeness (QED) is 0.460. The van der Waals surface area contributed by atoms with Crippen molar-refractivity contribution in [2.75, 3.05) is 13.7 Å². The van der Waals surface area contributed by atoms with Crippen LogP contribution in [-0.2, 0) is 4.79 Å². The van der Waals surface area contributed by atoms with Gasteiger partial charge in [0.25, 0.3) is 5.91 Å². The smallest absolute Gasteiger partial charge is 0.266 e. The third-order valence-corrected chi connectivity index (χ3v) is 6.15. The van der Waals surface area contributed by atoms with Crippen molar-refractivity contribution in [3.8, 4) is 11.5 Å². The van der Waals surface area contributed by atoms with Crippen LogP contribution in [0.2, 0.25) is 0 Å². The average Bonchev–Trinajstić information content (AvgIpc) is 2.94. The number of rotatable bonds is 5. The Bertz CT molecular complexity index is 988. The Labute approximate surface area is 191 Å². The van der Waals surface area contributed by atoms with Gasteiger partial charge in [-0.3, -0.25) is 9.69 Å². The molecule has 3 rings (SSSR count). The van der Waals surface area contributed by atoms with E-state index in [2.05, 4.69) is 50.7 Å². The van der Waals surface area contributed by atoms with Crippen LogP contribution in [0, 0.1) is 5.92 Å². The Morgan fingerprint density at radius 3 is 2.55 bits per heavy atom. The fraction of sp³-hybridized carbons (Fsp3) is 0.238. The number of amides is 1. The number of carbonyl (C=O) groups is 1. The van der Waals surface area contributed by atoms with E-state index in [1.807, 2.05) is 24.3 Å². The Morgan fingerprint density at radius 1 is 1.24 bits per heavy atom. The van der Waals surface area contributed by atoms with Gasteiger partial charge in [0.2, 0.25) is 0 Å². The van der Waals surface area contributed by atoms with Crippen molar-refractivity contribution in [3.63, 3.8) is 0 Å². The van der Waals surface area contributed by atoms with Gasteiger partial charge in [-0.2, -0.15) is 0 Å². The van der Waals surface area contributed by atoms with Crippen LogP contribution in [0.5, 0.6) is 11.5 Å². The lowest BCUT2D eigenvalue weighted by Gasteiger charge is -2.17. The van der Waals surface area contributed by atoms with Crippen molar-refractivity contribution in [3.05, 3.63) is 55.8 Å². The number of methoxy groups -OCH3 is 1. The maximum atomic E-state index is 13.1. The molecule has 8 heteroatoms. The topological polar surface area (TPSA) is 62.1 Å². The first-order chi connectivity index (χ1) is 13.8. The molecule has 1 N–H and O–H groups in total. The molecule has 0 saturated carbocycles. The minimum absolute atomic E-state index is 0.0880. The number of amidine groups is 1. The van der Waals surface area contributed by atoms with Gasteiger partial charge < -0.3 is 9.84 Å². The zero-order valence-corrected chi connectivity index (χ0v) is 20.1. The Morgan fingerprint density at radius 2 is 1.93 bits per heavy atom. The monoisotopic (exact) mass is 538 g/mol. The molecule has 2 aromatic carbocycles. The molecule has 1 heterocycles. The standard InChI is InChI=1S/C21H20Br2N2O3S/c1-12(2)11-25-20(27)18(9-13-8-14(22)10-17(23)19(13)26)29-21(25)24-15-4-6-16(28-3)7-5-15/h4-10,12,26H,11H2,1-3H3/b18-9+,24-21?. The molecule has 0 atom stereocenters.